The molecule has 3 rings (SSSR count). The fraction of sp³-hybridized carbons (Fsp3) is 0.500. The van der Waals surface area contributed by atoms with Crippen molar-refractivity contribution in [2.75, 3.05) is 18.9 Å². The van der Waals surface area contributed by atoms with Gasteiger partial charge in [0, 0.05) is 18.5 Å². The third kappa shape index (κ3) is 8.10. The Kier molecular flexibility index (Phi) is 12.1. The molecule has 17 nitrogen and oxygen atoms in total. The Morgan fingerprint density at radius 2 is 1.81 bits per heavy atom. The zero-order valence-corrected chi connectivity index (χ0v) is 18.3. The summed E-state index contributed by atoms with van der Waals surface area (Å²) in [4.78, 5) is 46.6. The summed E-state index contributed by atoms with van der Waals surface area (Å²) >= 11 is 0. The smallest absolute Gasteiger partial charge is 0.357 e. The lowest BCUT2D eigenvalue weighted by atomic mass is 10.1. The van der Waals surface area contributed by atoms with E-state index in [1.165, 1.54) is 12.3 Å². The van der Waals surface area contributed by atoms with Crippen molar-refractivity contribution in [3.05, 3.63) is 55.8 Å². The molecular formula is C18H26FN5O12. The molecule has 1 aliphatic rings. The van der Waals surface area contributed by atoms with Gasteiger partial charge < -0.3 is 56.0 Å². The second kappa shape index (κ2) is 14.3. The lowest BCUT2D eigenvalue weighted by molar-refractivity contribution is -0.127. The molecule has 18 heteroatoms. The van der Waals surface area contributed by atoms with Crippen LogP contribution < -0.4 is 22.7 Å². The number of nitrogens with one attached hydrogen (secondary N) is 1. The van der Waals surface area contributed by atoms with Gasteiger partial charge >= 0.3 is 11.4 Å². The first-order chi connectivity index (χ1) is 16.9. The number of H-pyrrole nitrogens is 1. The van der Waals surface area contributed by atoms with Gasteiger partial charge in [0.25, 0.3) is 5.56 Å². The number of rotatable bonds is 6. The van der Waals surface area contributed by atoms with E-state index in [1.807, 2.05) is 4.98 Å². The van der Waals surface area contributed by atoms with Crippen LogP contribution >= 0.6 is 0 Å². The minimum atomic E-state index is -1.64. The fourth-order valence-corrected chi connectivity index (χ4v) is 2.55. The van der Waals surface area contributed by atoms with Crippen molar-refractivity contribution in [1.82, 2.24) is 19.3 Å². The number of aromatic amines is 1. The molecule has 1 fully saturated rings. The molecule has 10 N–H and O–H groups in total. The van der Waals surface area contributed by atoms with Crippen LogP contribution in [0.15, 0.2) is 38.9 Å². The maximum Gasteiger partial charge on any atom is 0.357 e. The summed E-state index contributed by atoms with van der Waals surface area (Å²) in [5, 5.41) is 62.2. The molecule has 2 aromatic rings. The number of aldehydes is 1. The van der Waals surface area contributed by atoms with Gasteiger partial charge in [0.1, 0.15) is 42.4 Å². The van der Waals surface area contributed by atoms with Crippen LogP contribution in [0.4, 0.5) is 10.3 Å². The van der Waals surface area contributed by atoms with Crippen molar-refractivity contribution in [3.8, 4) is 0 Å². The Morgan fingerprint density at radius 3 is 2.25 bits per heavy atom. The summed E-state index contributed by atoms with van der Waals surface area (Å²) in [6.45, 7) is -1.14. The first-order valence-corrected chi connectivity index (χ1v) is 9.93. The van der Waals surface area contributed by atoms with Crippen molar-refractivity contribution in [2.45, 2.75) is 42.9 Å². The molecule has 0 spiro atoms. The zero-order chi connectivity index (χ0) is 27.6. The Hall–Kier alpha value is -3.36. The summed E-state index contributed by atoms with van der Waals surface area (Å²) in [7, 11) is 0. The predicted octanol–water partition coefficient (Wildman–Crippen LogP) is -6.03. The highest BCUT2D eigenvalue weighted by atomic mass is 19.2. The molecule has 3 heterocycles. The lowest BCUT2D eigenvalue weighted by Gasteiger charge is -2.16. The highest BCUT2D eigenvalue weighted by Crippen LogP contribution is 2.27. The quantitative estimate of drug-likeness (QED) is 0.159. The molecule has 0 radical (unpaired) electrons. The van der Waals surface area contributed by atoms with Gasteiger partial charge in [0.15, 0.2) is 12.5 Å². The van der Waals surface area contributed by atoms with E-state index < -0.39 is 77.8 Å². The normalized spacial score (nSPS) is 23.3. The first kappa shape index (κ1) is 30.7. The maximum absolute atomic E-state index is 12.0. The maximum atomic E-state index is 12.0. The Bertz CT molecular complexity index is 1110. The molecule has 202 valence electrons. The van der Waals surface area contributed by atoms with Crippen LogP contribution in [0.1, 0.15) is 6.23 Å². The largest absolute Gasteiger partial charge is 0.394 e. The van der Waals surface area contributed by atoms with E-state index in [9.17, 15) is 33.9 Å². The van der Waals surface area contributed by atoms with E-state index in [0.29, 0.717) is 0 Å². The zero-order valence-electron chi connectivity index (χ0n) is 18.3. The van der Waals surface area contributed by atoms with E-state index in [0.717, 1.165) is 16.8 Å². The van der Waals surface area contributed by atoms with E-state index >= 15 is 0 Å². The van der Waals surface area contributed by atoms with Crippen molar-refractivity contribution < 1.29 is 49.8 Å². The Balaban J connectivity index is 0.000000293. The Morgan fingerprint density at radius 1 is 1.17 bits per heavy atom. The summed E-state index contributed by atoms with van der Waals surface area (Å²) < 4.78 is 18.2. The second-order valence-electron chi connectivity index (χ2n) is 7.04. The van der Waals surface area contributed by atoms with Crippen LogP contribution in [0.2, 0.25) is 0 Å². The summed E-state index contributed by atoms with van der Waals surface area (Å²) in [6, 6.07) is 2.29. The number of ether oxygens (including phenoxy) is 1. The summed E-state index contributed by atoms with van der Waals surface area (Å²) in [6.07, 6.45) is -6.81. The summed E-state index contributed by atoms with van der Waals surface area (Å²) in [5.41, 5.74) is 2.62. The minimum Gasteiger partial charge on any atom is -0.394 e. The van der Waals surface area contributed by atoms with Gasteiger partial charge in [0.05, 0.1) is 13.2 Å². The fourth-order valence-electron chi connectivity index (χ4n) is 2.55. The molecule has 36 heavy (non-hydrogen) atoms. The number of hydrogen-bond acceptors (Lipinski definition) is 14. The van der Waals surface area contributed by atoms with Crippen LogP contribution in [0.5, 0.6) is 0 Å². The average molecular weight is 523 g/mol. The number of hydrogen-bond donors (Lipinski definition) is 9. The van der Waals surface area contributed by atoms with Gasteiger partial charge in [-0.15, -0.1) is 0 Å². The number of nitrogens with two attached hydrogens (primary N) is 1. The van der Waals surface area contributed by atoms with Crippen molar-refractivity contribution in [2.24, 2.45) is 0 Å². The molecule has 0 aliphatic carbocycles. The molecule has 0 bridgehead atoms. The monoisotopic (exact) mass is 523 g/mol. The Labute approximate surface area is 199 Å². The number of halogens is 1. The third-order valence-corrected chi connectivity index (χ3v) is 4.52. The molecule has 0 saturated carbocycles. The van der Waals surface area contributed by atoms with E-state index in [2.05, 4.69) is 4.98 Å². The predicted molar refractivity (Wildman–Crippen MR) is 115 cm³/mol. The molecule has 2 aromatic heterocycles. The van der Waals surface area contributed by atoms with Crippen molar-refractivity contribution >= 4 is 12.1 Å². The van der Waals surface area contributed by atoms with E-state index in [1.54, 1.807) is 0 Å². The first-order valence-electron chi connectivity index (χ1n) is 9.93. The molecule has 1 aliphatic heterocycles. The van der Waals surface area contributed by atoms with Gasteiger partial charge in [-0.05, 0) is 6.07 Å². The van der Waals surface area contributed by atoms with Gasteiger partial charge in [-0.1, -0.05) is 9.27 Å². The minimum absolute atomic E-state index is 0.0537. The highest BCUT2D eigenvalue weighted by molar-refractivity contribution is 5.56. The van der Waals surface area contributed by atoms with Crippen LogP contribution in [0.25, 0.3) is 0 Å². The van der Waals surface area contributed by atoms with E-state index in [4.69, 9.17) is 36.0 Å². The average Bonchev–Trinajstić information content (AvgIpc) is 3.15. The van der Waals surface area contributed by atoms with Gasteiger partial charge in [-0.2, -0.15) is 4.98 Å². The number of anilines is 1. The number of carbonyl (C=O) groups excluding carboxylic acids is 1. The third-order valence-electron chi connectivity index (χ3n) is 4.52. The molecule has 1 saturated heterocycles. The van der Waals surface area contributed by atoms with Gasteiger partial charge in [-0.3, -0.25) is 9.36 Å². The van der Waals surface area contributed by atoms with E-state index in [-0.39, 0.29) is 12.1 Å². The second-order valence-corrected chi connectivity index (χ2v) is 7.04. The van der Waals surface area contributed by atoms with Crippen LogP contribution in [0, 0.1) is 0 Å². The van der Waals surface area contributed by atoms with Crippen molar-refractivity contribution in [1.29, 1.82) is 0 Å². The highest BCUT2D eigenvalue weighted by Gasteiger charge is 2.43. The standard InChI is InChI=1S/C9H13N3O5.C5H10O5.C4H3FN2O2/c10-5-1-2-12(9(16)11-5)8-7(15)6(14)4(3-13)17-8;6-1-3(8)5(10)4(9)2-7;5-7-3(8)1-2-6-4(7)9/h1-2,4,6-8,13-15H,3H2,(H2,10,11,16);1,3-5,7-10H,2H2;1-2H,(H,6,9)/t4-,6-,7-,8-;;/m1../s1. The number of aliphatic hydroxyl groups excluding tert-OH is 7. The van der Waals surface area contributed by atoms with Crippen molar-refractivity contribution in [3.63, 3.8) is 0 Å². The topological polar surface area (TPSA) is 284 Å². The molecule has 7 atom stereocenters. The molecule has 0 aromatic carbocycles. The van der Waals surface area contributed by atoms with Crippen LogP contribution in [-0.2, 0) is 9.53 Å². The number of aliphatic hydroxyl groups is 7. The van der Waals surface area contributed by atoms with Gasteiger partial charge in [-0.25, -0.2) is 9.59 Å². The summed E-state index contributed by atoms with van der Waals surface area (Å²) in [5.74, 6) is 0.0537. The number of nitrogens with zero attached hydrogens (tertiary/aromatic N) is 3. The lowest BCUT2D eigenvalue weighted by Crippen LogP contribution is -2.40. The molecule has 0 amide bonds. The SMILES string of the molecule is Nc1ccn([C@@H]2O[C@H](CO)[C@@H](O)[C@H]2O)c(=O)n1.O=CC(O)C(O)C(O)CO.O=c1cc[nH]c(=O)n1F. The molecule has 3 unspecified atom stereocenters. The number of carbonyl (C=O) groups is 1. The number of aromatic nitrogens is 4. The van der Waals surface area contributed by atoms with Gasteiger partial charge in [0.2, 0.25) is 0 Å². The molecular weight excluding hydrogens is 497 g/mol. The van der Waals surface area contributed by atoms with Crippen LogP contribution in [-0.4, -0.2) is 111 Å². The number of nitrogen functional groups attached to an aromatic ring is 1. The van der Waals surface area contributed by atoms with Crippen LogP contribution in [0.3, 0.4) is 0 Å².